The zero-order valence-corrected chi connectivity index (χ0v) is 9.27. The standard InChI is InChI=1S/C8H18N2O3S/c1-13-6-7-14(11,12)10-5-4-9-8-2-3-8/h8-10H,2-7H2,1H3. The third-order valence-corrected chi connectivity index (χ3v) is 3.36. The zero-order valence-electron chi connectivity index (χ0n) is 8.45. The Labute approximate surface area is 85.3 Å². The van der Waals surface area contributed by atoms with E-state index in [9.17, 15) is 8.42 Å². The molecule has 0 aromatic carbocycles. The predicted octanol–water partition coefficient (Wildman–Crippen LogP) is -0.696. The molecule has 0 spiro atoms. The van der Waals surface area contributed by atoms with Crippen LogP contribution < -0.4 is 10.0 Å². The maximum Gasteiger partial charge on any atom is 0.213 e. The fraction of sp³-hybridized carbons (Fsp3) is 1.00. The molecule has 2 N–H and O–H groups in total. The molecule has 1 aliphatic rings. The van der Waals surface area contributed by atoms with E-state index in [0.717, 1.165) is 0 Å². The summed E-state index contributed by atoms with van der Waals surface area (Å²) in [6, 6.07) is 0.624. The van der Waals surface area contributed by atoms with Gasteiger partial charge in [-0.25, -0.2) is 13.1 Å². The van der Waals surface area contributed by atoms with Crippen molar-refractivity contribution in [1.29, 1.82) is 0 Å². The molecule has 1 rings (SSSR count). The fourth-order valence-electron chi connectivity index (χ4n) is 1.04. The molecular formula is C8H18N2O3S. The second-order valence-corrected chi connectivity index (χ2v) is 5.36. The first-order chi connectivity index (χ1) is 6.64. The lowest BCUT2D eigenvalue weighted by Gasteiger charge is -2.06. The lowest BCUT2D eigenvalue weighted by atomic mass is 10.6. The van der Waals surface area contributed by atoms with Crippen molar-refractivity contribution in [2.75, 3.05) is 32.6 Å². The first kappa shape index (κ1) is 11.9. The van der Waals surface area contributed by atoms with Crippen LogP contribution in [0.4, 0.5) is 0 Å². The van der Waals surface area contributed by atoms with Gasteiger partial charge in [-0.15, -0.1) is 0 Å². The Kier molecular flexibility index (Phi) is 4.80. The van der Waals surface area contributed by atoms with Gasteiger partial charge in [0.1, 0.15) is 0 Å². The van der Waals surface area contributed by atoms with Crippen LogP contribution in [-0.2, 0) is 14.8 Å². The quantitative estimate of drug-likeness (QED) is 0.533. The molecule has 0 aliphatic heterocycles. The number of rotatable bonds is 8. The van der Waals surface area contributed by atoms with Gasteiger partial charge in [0, 0.05) is 26.2 Å². The third kappa shape index (κ3) is 5.54. The Hall–Kier alpha value is -0.170. The number of methoxy groups -OCH3 is 1. The molecule has 6 heteroatoms. The van der Waals surface area contributed by atoms with Crippen molar-refractivity contribution in [3.63, 3.8) is 0 Å². The lowest BCUT2D eigenvalue weighted by Crippen LogP contribution is -2.34. The zero-order chi connectivity index (χ0) is 10.4. The molecule has 1 aliphatic carbocycles. The smallest absolute Gasteiger partial charge is 0.213 e. The van der Waals surface area contributed by atoms with E-state index in [1.165, 1.54) is 20.0 Å². The van der Waals surface area contributed by atoms with Crippen LogP contribution >= 0.6 is 0 Å². The number of hydrogen-bond acceptors (Lipinski definition) is 4. The highest BCUT2D eigenvalue weighted by molar-refractivity contribution is 7.89. The minimum atomic E-state index is -3.14. The summed E-state index contributed by atoms with van der Waals surface area (Å²) < 4.78 is 29.7. The van der Waals surface area contributed by atoms with E-state index >= 15 is 0 Å². The van der Waals surface area contributed by atoms with E-state index in [2.05, 4.69) is 10.0 Å². The van der Waals surface area contributed by atoms with Gasteiger partial charge in [-0.3, -0.25) is 0 Å². The summed E-state index contributed by atoms with van der Waals surface area (Å²) in [7, 11) is -1.65. The summed E-state index contributed by atoms with van der Waals surface area (Å²) in [5.41, 5.74) is 0. The topological polar surface area (TPSA) is 67.4 Å². The van der Waals surface area contributed by atoms with Crippen LogP contribution in [-0.4, -0.2) is 47.0 Å². The van der Waals surface area contributed by atoms with Gasteiger partial charge in [0.25, 0.3) is 0 Å². The van der Waals surface area contributed by atoms with Crippen LogP contribution in [0.3, 0.4) is 0 Å². The highest BCUT2D eigenvalue weighted by Gasteiger charge is 2.19. The number of sulfonamides is 1. The van der Waals surface area contributed by atoms with E-state index in [-0.39, 0.29) is 12.4 Å². The van der Waals surface area contributed by atoms with Gasteiger partial charge >= 0.3 is 0 Å². The molecule has 0 saturated heterocycles. The molecule has 0 aromatic rings. The molecule has 0 heterocycles. The summed E-state index contributed by atoms with van der Waals surface area (Å²) in [6.07, 6.45) is 2.44. The van der Waals surface area contributed by atoms with Crippen molar-refractivity contribution in [2.24, 2.45) is 0 Å². The average Bonchev–Trinajstić information content (AvgIpc) is 2.93. The number of ether oxygens (including phenoxy) is 1. The van der Waals surface area contributed by atoms with Gasteiger partial charge in [-0.1, -0.05) is 0 Å². The third-order valence-electron chi connectivity index (χ3n) is 2.01. The normalized spacial score (nSPS) is 17.2. The van der Waals surface area contributed by atoms with Gasteiger partial charge < -0.3 is 10.1 Å². The van der Waals surface area contributed by atoms with Gasteiger partial charge in [0.2, 0.25) is 10.0 Å². The molecule has 5 nitrogen and oxygen atoms in total. The molecule has 1 saturated carbocycles. The van der Waals surface area contributed by atoms with Crippen LogP contribution in [0.5, 0.6) is 0 Å². The second kappa shape index (κ2) is 5.65. The first-order valence-electron chi connectivity index (χ1n) is 4.84. The Morgan fingerprint density at radius 1 is 1.36 bits per heavy atom. The minimum absolute atomic E-state index is 0.0347. The van der Waals surface area contributed by atoms with Gasteiger partial charge in [0.05, 0.1) is 12.4 Å². The van der Waals surface area contributed by atoms with Crippen LogP contribution in [0, 0.1) is 0 Å². The molecule has 1 fully saturated rings. The summed E-state index contributed by atoms with van der Waals surface area (Å²) in [5.74, 6) is 0.0347. The van der Waals surface area contributed by atoms with Crippen molar-refractivity contribution < 1.29 is 13.2 Å². The maximum absolute atomic E-state index is 11.2. The van der Waals surface area contributed by atoms with Crippen LogP contribution in [0.2, 0.25) is 0 Å². The number of hydrogen-bond donors (Lipinski definition) is 2. The Bertz CT molecular complexity index is 249. The lowest BCUT2D eigenvalue weighted by molar-refractivity contribution is 0.217. The van der Waals surface area contributed by atoms with E-state index in [4.69, 9.17) is 4.74 Å². The summed E-state index contributed by atoms with van der Waals surface area (Å²) in [6.45, 7) is 1.41. The highest BCUT2D eigenvalue weighted by Crippen LogP contribution is 2.17. The Balaban J connectivity index is 2.02. The molecule has 0 unspecified atom stereocenters. The molecule has 0 amide bonds. The van der Waals surface area contributed by atoms with E-state index < -0.39 is 10.0 Å². The SMILES string of the molecule is COCCS(=O)(=O)NCCNC1CC1. The maximum atomic E-state index is 11.2. The van der Waals surface area contributed by atoms with E-state index in [1.807, 2.05) is 0 Å². The molecule has 0 atom stereocenters. The first-order valence-corrected chi connectivity index (χ1v) is 6.49. The molecular weight excluding hydrogens is 204 g/mol. The summed E-state index contributed by atoms with van der Waals surface area (Å²) in [5, 5.41) is 3.23. The molecule has 14 heavy (non-hydrogen) atoms. The highest BCUT2D eigenvalue weighted by atomic mass is 32.2. The van der Waals surface area contributed by atoms with E-state index in [0.29, 0.717) is 19.1 Å². The molecule has 0 bridgehead atoms. The largest absolute Gasteiger partial charge is 0.384 e. The van der Waals surface area contributed by atoms with Crippen molar-refractivity contribution in [1.82, 2.24) is 10.0 Å². The van der Waals surface area contributed by atoms with Crippen molar-refractivity contribution >= 4 is 10.0 Å². The predicted molar refractivity (Wildman–Crippen MR) is 54.7 cm³/mol. The summed E-state index contributed by atoms with van der Waals surface area (Å²) >= 11 is 0. The number of nitrogens with one attached hydrogen (secondary N) is 2. The summed E-state index contributed by atoms with van der Waals surface area (Å²) in [4.78, 5) is 0. The van der Waals surface area contributed by atoms with Crippen molar-refractivity contribution in [3.05, 3.63) is 0 Å². The fourth-order valence-corrected chi connectivity index (χ4v) is 1.98. The molecule has 0 radical (unpaired) electrons. The Morgan fingerprint density at radius 3 is 2.64 bits per heavy atom. The van der Waals surface area contributed by atoms with Crippen LogP contribution in [0.25, 0.3) is 0 Å². The van der Waals surface area contributed by atoms with Crippen LogP contribution in [0.15, 0.2) is 0 Å². The van der Waals surface area contributed by atoms with Gasteiger partial charge in [-0.2, -0.15) is 0 Å². The second-order valence-electron chi connectivity index (χ2n) is 3.43. The monoisotopic (exact) mass is 222 g/mol. The Morgan fingerprint density at radius 2 is 2.07 bits per heavy atom. The van der Waals surface area contributed by atoms with Crippen molar-refractivity contribution in [2.45, 2.75) is 18.9 Å². The molecule has 84 valence electrons. The van der Waals surface area contributed by atoms with Gasteiger partial charge in [0.15, 0.2) is 0 Å². The van der Waals surface area contributed by atoms with Crippen LogP contribution in [0.1, 0.15) is 12.8 Å². The molecule has 0 aromatic heterocycles. The van der Waals surface area contributed by atoms with E-state index in [1.54, 1.807) is 0 Å². The average molecular weight is 222 g/mol. The van der Waals surface area contributed by atoms with Crippen molar-refractivity contribution in [3.8, 4) is 0 Å². The van der Waals surface area contributed by atoms with Gasteiger partial charge in [-0.05, 0) is 12.8 Å². The minimum Gasteiger partial charge on any atom is -0.384 e.